The van der Waals surface area contributed by atoms with Gasteiger partial charge in [-0.25, -0.2) is 0 Å². The van der Waals surface area contributed by atoms with E-state index in [0.717, 1.165) is 23.4 Å². The summed E-state index contributed by atoms with van der Waals surface area (Å²) >= 11 is 13.3. The van der Waals surface area contributed by atoms with Crippen LogP contribution >= 0.6 is 35.0 Å². The topological polar surface area (TPSA) is 58.2 Å². The summed E-state index contributed by atoms with van der Waals surface area (Å²) in [6, 6.07) is 12.4. The molecule has 0 aliphatic heterocycles. The molecule has 0 aliphatic rings. The molecule has 0 aliphatic carbocycles. The standard InChI is InChI=1S/C19H20Cl2N2O2S/c1-2-3-7-18(24)22-14-5-4-6-15(11-14)26-12-19(25)23-17-9-8-13(20)10-16(17)21/h4-6,8-11H,2-3,7,12H2,1H3,(H,22,24)(H,23,25). The quantitative estimate of drug-likeness (QED) is 0.536. The molecule has 0 radical (unpaired) electrons. The van der Waals surface area contributed by atoms with Crippen molar-refractivity contribution >= 4 is 58.2 Å². The number of carbonyl (C=O) groups is 2. The lowest BCUT2D eigenvalue weighted by atomic mass is 10.2. The molecule has 0 heterocycles. The van der Waals surface area contributed by atoms with E-state index in [-0.39, 0.29) is 17.6 Å². The maximum absolute atomic E-state index is 12.1. The first-order valence-electron chi connectivity index (χ1n) is 8.25. The number of anilines is 2. The molecule has 0 unspecified atom stereocenters. The Morgan fingerprint density at radius 3 is 2.58 bits per heavy atom. The molecule has 138 valence electrons. The third-order valence-electron chi connectivity index (χ3n) is 3.45. The molecule has 0 aromatic heterocycles. The molecular formula is C19H20Cl2N2O2S. The van der Waals surface area contributed by atoms with Gasteiger partial charge < -0.3 is 10.6 Å². The maximum Gasteiger partial charge on any atom is 0.234 e. The highest BCUT2D eigenvalue weighted by atomic mass is 35.5. The minimum atomic E-state index is -0.170. The van der Waals surface area contributed by atoms with Crippen LogP contribution in [-0.2, 0) is 9.59 Å². The highest BCUT2D eigenvalue weighted by molar-refractivity contribution is 8.00. The Morgan fingerprint density at radius 1 is 1.04 bits per heavy atom. The van der Waals surface area contributed by atoms with Crippen molar-refractivity contribution in [1.29, 1.82) is 0 Å². The molecule has 26 heavy (non-hydrogen) atoms. The molecule has 2 aromatic carbocycles. The Hall–Kier alpha value is -1.69. The SMILES string of the molecule is CCCCC(=O)Nc1cccc(SCC(=O)Nc2ccc(Cl)cc2Cl)c1. The smallest absolute Gasteiger partial charge is 0.234 e. The van der Waals surface area contributed by atoms with Crippen molar-refractivity contribution in [2.24, 2.45) is 0 Å². The number of amides is 2. The first-order valence-corrected chi connectivity index (χ1v) is 9.99. The molecule has 0 saturated carbocycles. The molecule has 4 nitrogen and oxygen atoms in total. The summed E-state index contributed by atoms with van der Waals surface area (Å²) in [5.74, 6) is 0.0624. The average Bonchev–Trinajstić information content (AvgIpc) is 2.61. The minimum absolute atomic E-state index is 0.00382. The van der Waals surface area contributed by atoms with Crippen LogP contribution in [-0.4, -0.2) is 17.6 Å². The maximum atomic E-state index is 12.1. The van der Waals surface area contributed by atoms with Gasteiger partial charge >= 0.3 is 0 Å². The van der Waals surface area contributed by atoms with Crippen molar-refractivity contribution in [1.82, 2.24) is 0 Å². The van der Waals surface area contributed by atoms with Crippen molar-refractivity contribution in [2.45, 2.75) is 31.1 Å². The Labute approximate surface area is 167 Å². The lowest BCUT2D eigenvalue weighted by Crippen LogP contribution is -2.14. The Bertz CT molecular complexity index is 784. The summed E-state index contributed by atoms with van der Waals surface area (Å²) in [5.41, 5.74) is 1.26. The highest BCUT2D eigenvalue weighted by Crippen LogP contribution is 2.26. The van der Waals surface area contributed by atoms with Gasteiger partial charge in [-0.05, 0) is 42.8 Å². The van der Waals surface area contributed by atoms with Crippen molar-refractivity contribution < 1.29 is 9.59 Å². The zero-order valence-corrected chi connectivity index (χ0v) is 16.7. The molecule has 0 saturated heterocycles. The minimum Gasteiger partial charge on any atom is -0.326 e. The van der Waals surface area contributed by atoms with Crippen LogP contribution in [0.3, 0.4) is 0 Å². The fraction of sp³-hybridized carbons (Fsp3) is 0.263. The number of hydrogen-bond acceptors (Lipinski definition) is 3. The zero-order chi connectivity index (χ0) is 18.9. The van der Waals surface area contributed by atoms with E-state index in [1.807, 2.05) is 31.2 Å². The van der Waals surface area contributed by atoms with Crippen LogP contribution in [0.15, 0.2) is 47.4 Å². The van der Waals surface area contributed by atoms with Gasteiger partial charge in [0.05, 0.1) is 16.5 Å². The monoisotopic (exact) mass is 410 g/mol. The fourth-order valence-corrected chi connectivity index (χ4v) is 3.36. The number of hydrogen-bond donors (Lipinski definition) is 2. The molecule has 2 N–H and O–H groups in total. The lowest BCUT2D eigenvalue weighted by molar-refractivity contribution is -0.116. The second-order valence-corrected chi connectivity index (χ2v) is 7.53. The van der Waals surface area contributed by atoms with Gasteiger partial charge in [0.2, 0.25) is 11.8 Å². The first kappa shape index (κ1) is 20.6. The van der Waals surface area contributed by atoms with Gasteiger partial charge in [0.15, 0.2) is 0 Å². The second kappa shape index (κ2) is 10.5. The summed E-state index contributed by atoms with van der Waals surface area (Å²) < 4.78 is 0. The molecule has 0 bridgehead atoms. The third-order valence-corrected chi connectivity index (χ3v) is 4.99. The number of nitrogens with one attached hydrogen (secondary N) is 2. The molecule has 2 rings (SSSR count). The molecular weight excluding hydrogens is 391 g/mol. The highest BCUT2D eigenvalue weighted by Gasteiger charge is 2.08. The van der Waals surface area contributed by atoms with E-state index in [0.29, 0.717) is 22.2 Å². The van der Waals surface area contributed by atoms with E-state index >= 15 is 0 Å². The fourth-order valence-electron chi connectivity index (χ4n) is 2.15. The number of rotatable bonds is 8. The molecule has 0 atom stereocenters. The first-order chi connectivity index (χ1) is 12.5. The van der Waals surface area contributed by atoms with E-state index in [1.54, 1.807) is 18.2 Å². The predicted molar refractivity (Wildman–Crippen MR) is 110 cm³/mol. The molecule has 0 spiro atoms. The van der Waals surface area contributed by atoms with E-state index in [4.69, 9.17) is 23.2 Å². The number of halogens is 2. The van der Waals surface area contributed by atoms with Crippen LogP contribution in [0.1, 0.15) is 26.2 Å². The number of unbranched alkanes of at least 4 members (excludes halogenated alkanes) is 1. The molecule has 7 heteroatoms. The van der Waals surface area contributed by atoms with Gasteiger partial charge in [0.1, 0.15) is 0 Å². The van der Waals surface area contributed by atoms with Crippen LogP contribution in [0.2, 0.25) is 10.0 Å². The van der Waals surface area contributed by atoms with E-state index in [2.05, 4.69) is 10.6 Å². The van der Waals surface area contributed by atoms with Crippen molar-refractivity contribution in [3.05, 3.63) is 52.5 Å². The third kappa shape index (κ3) is 6.90. The predicted octanol–water partition coefficient (Wildman–Crippen LogP) is 5.85. The van der Waals surface area contributed by atoms with E-state index in [9.17, 15) is 9.59 Å². The van der Waals surface area contributed by atoms with Gasteiger partial charge in [0.25, 0.3) is 0 Å². The Morgan fingerprint density at radius 2 is 1.85 bits per heavy atom. The molecule has 0 fully saturated rings. The largest absolute Gasteiger partial charge is 0.326 e. The zero-order valence-electron chi connectivity index (χ0n) is 14.4. The average molecular weight is 411 g/mol. The second-order valence-electron chi connectivity index (χ2n) is 5.64. The normalized spacial score (nSPS) is 10.4. The number of carbonyl (C=O) groups excluding carboxylic acids is 2. The molecule has 2 aromatic rings. The van der Waals surface area contributed by atoms with Crippen LogP contribution < -0.4 is 10.6 Å². The number of thioether (sulfide) groups is 1. The van der Waals surface area contributed by atoms with Crippen LogP contribution in [0.25, 0.3) is 0 Å². The van der Waals surface area contributed by atoms with Gasteiger partial charge in [-0.3, -0.25) is 9.59 Å². The van der Waals surface area contributed by atoms with Gasteiger partial charge in [-0.15, -0.1) is 11.8 Å². The van der Waals surface area contributed by atoms with Gasteiger partial charge in [-0.2, -0.15) is 0 Å². The van der Waals surface area contributed by atoms with Crippen LogP contribution in [0.4, 0.5) is 11.4 Å². The summed E-state index contributed by atoms with van der Waals surface area (Å²) in [6.45, 7) is 2.05. The van der Waals surface area contributed by atoms with Gasteiger partial charge in [0, 0.05) is 22.0 Å². The summed E-state index contributed by atoms with van der Waals surface area (Å²) in [6.07, 6.45) is 2.36. The van der Waals surface area contributed by atoms with E-state index in [1.165, 1.54) is 11.8 Å². The Balaban J connectivity index is 1.87. The summed E-state index contributed by atoms with van der Waals surface area (Å²) in [7, 11) is 0. The van der Waals surface area contributed by atoms with Crippen LogP contribution in [0.5, 0.6) is 0 Å². The van der Waals surface area contributed by atoms with E-state index < -0.39 is 0 Å². The van der Waals surface area contributed by atoms with Crippen molar-refractivity contribution in [2.75, 3.05) is 16.4 Å². The van der Waals surface area contributed by atoms with Gasteiger partial charge in [-0.1, -0.05) is 42.6 Å². The summed E-state index contributed by atoms with van der Waals surface area (Å²) in [5, 5.41) is 6.54. The van der Waals surface area contributed by atoms with Crippen molar-refractivity contribution in [3.63, 3.8) is 0 Å². The van der Waals surface area contributed by atoms with Crippen LogP contribution in [0, 0.1) is 0 Å². The Kier molecular flexibility index (Phi) is 8.29. The number of benzene rings is 2. The molecule has 2 amide bonds. The van der Waals surface area contributed by atoms with Crippen molar-refractivity contribution in [3.8, 4) is 0 Å². The summed E-state index contributed by atoms with van der Waals surface area (Å²) in [4.78, 5) is 24.8. The lowest BCUT2D eigenvalue weighted by Gasteiger charge is -2.09.